The third-order valence-electron chi connectivity index (χ3n) is 2.38. The molecule has 2 aromatic heterocycles. The molecule has 1 unspecified atom stereocenters. The van der Waals surface area contributed by atoms with E-state index in [2.05, 4.69) is 19.9 Å². The van der Waals surface area contributed by atoms with Crippen LogP contribution >= 0.6 is 45.9 Å². The molecule has 0 aromatic carbocycles. The lowest BCUT2D eigenvalue weighted by molar-refractivity contribution is 0.891. The van der Waals surface area contributed by atoms with Crippen LogP contribution in [-0.4, -0.2) is 0 Å². The molecule has 2 N–H and O–H groups in total. The van der Waals surface area contributed by atoms with Crippen LogP contribution in [0.4, 0.5) is 0 Å². The standard InChI is InChI=1S/C11H11Cl2NS2/c1-5-3-6(2)15-10(5)9(14)7-4-8(12)16-11(7)13/h3-4,9H,14H2,1-2H3. The molecule has 0 amide bonds. The minimum Gasteiger partial charge on any atom is -0.320 e. The van der Waals surface area contributed by atoms with Crippen LogP contribution in [0.5, 0.6) is 0 Å². The average Bonchev–Trinajstić information content (AvgIpc) is 2.68. The molecule has 5 heteroatoms. The predicted octanol–water partition coefficient (Wildman–Crippen LogP) is 4.78. The summed E-state index contributed by atoms with van der Waals surface area (Å²) in [6.45, 7) is 4.15. The van der Waals surface area contributed by atoms with Gasteiger partial charge < -0.3 is 5.73 Å². The number of halogens is 2. The summed E-state index contributed by atoms with van der Waals surface area (Å²) in [6.07, 6.45) is 0. The first-order valence-corrected chi connectivity index (χ1v) is 7.15. The second-order valence-corrected chi connectivity index (χ2v) is 7.24. The Morgan fingerprint density at radius 3 is 2.31 bits per heavy atom. The van der Waals surface area contributed by atoms with Crippen LogP contribution in [-0.2, 0) is 0 Å². The van der Waals surface area contributed by atoms with Crippen LogP contribution in [0.1, 0.15) is 26.9 Å². The molecular weight excluding hydrogens is 281 g/mol. The molecule has 86 valence electrons. The highest BCUT2D eigenvalue weighted by Gasteiger charge is 2.19. The molecule has 0 saturated heterocycles. The lowest BCUT2D eigenvalue weighted by Gasteiger charge is -2.09. The summed E-state index contributed by atoms with van der Waals surface area (Å²) in [7, 11) is 0. The Balaban J connectivity index is 2.42. The molecule has 0 aliphatic carbocycles. The van der Waals surface area contributed by atoms with Gasteiger partial charge in [-0.2, -0.15) is 0 Å². The number of aryl methyl sites for hydroxylation is 2. The van der Waals surface area contributed by atoms with Crippen LogP contribution in [0, 0.1) is 13.8 Å². The van der Waals surface area contributed by atoms with Gasteiger partial charge in [-0.1, -0.05) is 23.2 Å². The Morgan fingerprint density at radius 2 is 1.88 bits per heavy atom. The van der Waals surface area contributed by atoms with E-state index in [-0.39, 0.29) is 6.04 Å². The Bertz CT molecular complexity index is 470. The Kier molecular flexibility index (Phi) is 3.62. The van der Waals surface area contributed by atoms with Gasteiger partial charge in [-0.25, -0.2) is 0 Å². The molecule has 16 heavy (non-hydrogen) atoms. The van der Waals surface area contributed by atoms with Gasteiger partial charge in [0.1, 0.15) is 0 Å². The third kappa shape index (κ3) is 2.29. The number of rotatable bonds is 2. The molecule has 1 nitrogen and oxygen atoms in total. The normalized spacial score (nSPS) is 13.1. The van der Waals surface area contributed by atoms with Gasteiger partial charge in [0.15, 0.2) is 0 Å². The van der Waals surface area contributed by atoms with E-state index >= 15 is 0 Å². The summed E-state index contributed by atoms with van der Waals surface area (Å²) in [5.74, 6) is 0. The Morgan fingerprint density at radius 1 is 1.19 bits per heavy atom. The molecule has 0 aliphatic rings. The smallest absolute Gasteiger partial charge is 0.0995 e. The van der Waals surface area contributed by atoms with Crippen LogP contribution in [0.15, 0.2) is 12.1 Å². The molecule has 0 bridgehead atoms. The molecule has 0 saturated carbocycles. The lowest BCUT2D eigenvalue weighted by Crippen LogP contribution is -2.10. The number of thiophene rings is 2. The summed E-state index contributed by atoms with van der Waals surface area (Å²) in [4.78, 5) is 2.43. The molecule has 1 atom stereocenters. The van der Waals surface area contributed by atoms with E-state index in [0.717, 1.165) is 10.4 Å². The highest BCUT2D eigenvalue weighted by atomic mass is 35.5. The topological polar surface area (TPSA) is 26.0 Å². The van der Waals surface area contributed by atoms with E-state index in [1.807, 2.05) is 6.07 Å². The fraction of sp³-hybridized carbons (Fsp3) is 0.273. The van der Waals surface area contributed by atoms with Gasteiger partial charge in [0, 0.05) is 15.3 Å². The molecule has 0 radical (unpaired) electrons. The molecular formula is C11H11Cl2NS2. The molecule has 2 aromatic rings. The van der Waals surface area contributed by atoms with Gasteiger partial charge in [0.2, 0.25) is 0 Å². The summed E-state index contributed by atoms with van der Waals surface area (Å²) < 4.78 is 1.37. The quantitative estimate of drug-likeness (QED) is 0.846. The van der Waals surface area contributed by atoms with Crippen LogP contribution in [0.2, 0.25) is 8.67 Å². The van der Waals surface area contributed by atoms with Gasteiger partial charge in [0.05, 0.1) is 14.7 Å². The van der Waals surface area contributed by atoms with Gasteiger partial charge in [-0.3, -0.25) is 0 Å². The summed E-state index contributed by atoms with van der Waals surface area (Å²) in [6, 6.07) is 3.82. The van der Waals surface area contributed by atoms with Crippen LogP contribution < -0.4 is 5.73 Å². The fourth-order valence-electron chi connectivity index (χ4n) is 1.67. The zero-order chi connectivity index (χ0) is 11.9. The van der Waals surface area contributed by atoms with Gasteiger partial charge >= 0.3 is 0 Å². The monoisotopic (exact) mass is 291 g/mol. The molecule has 2 rings (SSSR count). The van der Waals surface area contributed by atoms with Crippen molar-refractivity contribution in [2.45, 2.75) is 19.9 Å². The number of hydrogen-bond acceptors (Lipinski definition) is 3. The van der Waals surface area contributed by atoms with Crippen molar-refractivity contribution in [2.24, 2.45) is 5.73 Å². The molecule has 0 spiro atoms. The van der Waals surface area contributed by atoms with Crippen molar-refractivity contribution < 1.29 is 0 Å². The second-order valence-electron chi connectivity index (χ2n) is 3.66. The minimum absolute atomic E-state index is 0.171. The lowest BCUT2D eigenvalue weighted by atomic mass is 10.1. The minimum atomic E-state index is -0.171. The van der Waals surface area contributed by atoms with Crippen molar-refractivity contribution in [2.75, 3.05) is 0 Å². The Hall–Kier alpha value is -0.0600. The highest BCUT2D eigenvalue weighted by Crippen LogP contribution is 2.39. The van der Waals surface area contributed by atoms with Crippen molar-refractivity contribution >= 4 is 45.9 Å². The predicted molar refractivity (Wildman–Crippen MR) is 74.2 cm³/mol. The highest BCUT2D eigenvalue weighted by molar-refractivity contribution is 7.20. The first-order chi connectivity index (χ1) is 7.49. The van der Waals surface area contributed by atoms with Crippen molar-refractivity contribution in [1.29, 1.82) is 0 Å². The third-order valence-corrected chi connectivity index (χ3v) is 5.13. The van der Waals surface area contributed by atoms with Gasteiger partial charge in [0.25, 0.3) is 0 Å². The molecule has 0 fully saturated rings. The van der Waals surface area contributed by atoms with E-state index in [0.29, 0.717) is 8.67 Å². The van der Waals surface area contributed by atoms with E-state index in [4.69, 9.17) is 28.9 Å². The maximum absolute atomic E-state index is 6.22. The van der Waals surface area contributed by atoms with E-state index < -0.39 is 0 Å². The Labute approximate surface area is 113 Å². The number of nitrogens with two attached hydrogens (primary N) is 1. The summed E-state index contributed by atoms with van der Waals surface area (Å²) in [5, 5.41) is 0. The zero-order valence-corrected chi connectivity index (χ0v) is 12.0. The van der Waals surface area contributed by atoms with Crippen LogP contribution in [0.3, 0.4) is 0 Å². The second kappa shape index (κ2) is 4.67. The van der Waals surface area contributed by atoms with Gasteiger partial charge in [-0.15, -0.1) is 22.7 Å². The SMILES string of the molecule is Cc1cc(C)c(C(N)c2cc(Cl)sc2Cl)s1. The fourth-order valence-corrected chi connectivity index (χ4v) is 4.28. The van der Waals surface area contributed by atoms with E-state index in [1.165, 1.54) is 21.8 Å². The average molecular weight is 292 g/mol. The largest absolute Gasteiger partial charge is 0.320 e. The van der Waals surface area contributed by atoms with Crippen molar-refractivity contribution in [3.8, 4) is 0 Å². The first-order valence-electron chi connectivity index (χ1n) is 4.76. The molecule has 2 heterocycles. The zero-order valence-electron chi connectivity index (χ0n) is 8.88. The molecule has 0 aliphatic heterocycles. The summed E-state index contributed by atoms with van der Waals surface area (Å²) >= 11 is 15.1. The first kappa shape index (κ1) is 12.4. The van der Waals surface area contributed by atoms with Gasteiger partial charge in [-0.05, 0) is 31.5 Å². The van der Waals surface area contributed by atoms with Crippen molar-refractivity contribution in [3.05, 3.63) is 41.7 Å². The van der Waals surface area contributed by atoms with Crippen LogP contribution in [0.25, 0.3) is 0 Å². The maximum atomic E-state index is 6.22. The number of hydrogen-bond donors (Lipinski definition) is 1. The maximum Gasteiger partial charge on any atom is 0.0995 e. The van der Waals surface area contributed by atoms with E-state index in [9.17, 15) is 0 Å². The van der Waals surface area contributed by atoms with Crippen molar-refractivity contribution in [3.63, 3.8) is 0 Å². The van der Waals surface area contributed by atoms with E-state index in [1.54, 1.807) is 11.3 Å². The summed E-state index contributed by atoms with van der Waals surface area (Å²) in [5.41, 5.74) is 8.35. The van der Waals surface area contributed by atoms with Crippen molar-refractivity contribution in [1.82, 2.24) is 0 Å².